The summed E-state index contributed by atoms with van der Waals surface area (Å²) >= 11 is 6.14. The van der Waals surface area contributed by atoms with E-state index in [1.54, 1.807) is 16.9 Å². The summed E-state index contributed by atoms with van der Waals surface area (Å²) in [5, 5.41) is 7.65. The Labute approximate surface area is 138 Å². The molecule has 5 nitrogen and oxygen atoms in total. The lowest BCUT2D eigenvalue weighted by Gasteiger charge is -2.04. The number of benzene rings is 1. The van der Waals surface area contributed by atoms with Gasteiger partial charge in [-0.25, -0.2) is 4.98 Å². The Morgan fingerprint density at radius 3 is 2.83 bits per heavy atom. The van der Waals surface area contributed by atoms with Gasteiger partial charge in [-0.15, -0.1) is 0 Å². The van der Waals surface area contributed by atoms with Gasteiger partial charge in [0.2, 0.25) is 0 Å². The molecule has 3 aromatic rings. The number of aryl methyl sites for hydroxylation is 1. The first-order chi connectivity index (χ1) is 11.1. The van der Waals surface area contributed by atoms with Crippen LogP contribution in [0.5, 0.6) is 0 Å². The molecule has 0 spiro atoms. The fraction of sp³-hybridized carbons (Fsp3) is 0.118. The first kappa shape index (κ1) is 15.2. The van der Waals surface area contributed by atoms with Gasteiger partial charge in [0.15, 0.2) is 0 Å². The second kappa shape index (κ2) is 6.62. The average molecular weight is 327 g/mol. The zero-order valence-corrected chi connectivity index (χ0v) is 13.3. The Balaban J connectivity index is 1.71. The van der Waals surface area contributed by atoms with Crippen LogP contribution in [0.25, 0.3) is 0 Å². The van der Waals surface area contributed by atoms with Crippen molar-refractivity contribution in [3.63, 3.8) is 0 Å². The number of pyridine rings is 1. The lowest BCUT2D eigenvalue weighted by atomic mass is 10.2. The standard InChI is InChI=1S/C17H15ClN4O/c1-12-5-4-8-16(20-12)21-17(23)14-9-19-22(11-14)10-13-6-2-3-7-15(13)18/h2-9,11H,10H2,1H3,(H,20,21,23). The van der Waals surface area contributed by atoms with E-state index in [2.05, 4.69) is 15.4 Å². The Morgan fingerprint density at radius 2 is 2.04 bits per heavy atom. The molecule has 1 amide bonds. The molecule has 0 fully saturated rings. The van der Waals surface area contributed by atoms with Crippen LogP contribution < -0.4 is 5.32 Å². The number of nitrogens with zero attached hydrogens (tertiary/aromatic N) is 3. The number of hydrogen-bond donors (Lipinski definition) is 1. The SMILES string of the molecule is Cc1cccc(NC(=O)c2cnn(Cc3ccccc3Cl)c2)n1. The summed E-state index contributed by atoms with van der Waals surface area (Å²) in [5.41, 5.74) is 2.27. The largest absolute Gasteiger partial charge is 0.306 e. The van der Waals surface area contributed by atoms with Gasteiger partial charge < -0.3 is 5.32 Å². The Bertz CT molecular complexity index is 844. The third-order valence-corrected chi connectivity index (χ3v) is 3.68. The minimum Gasteiger partial charge on any atom is -0.306 e. The van der Waals surface area contributed by atoms with Crippen molar-refractivity contribution in [1.29, 1.82) is 0 Å². The quantitative estimate of drug-likeness (QED) is 0.797. The molecule has 116 valence electrons. The molecule has 0 aliphatic rings. The van der Waals surface area contributed by atoms with Gasteiger partial charge in [0.25, 0.3) is 5.91 Å². The van der Waals surface area contributed by atoms with Crippen LogP contribution in [0.1, 0.15) is 21.6 Å². The summed E-state index contributed by atoms with van der Waals surface area (Å²) < 4.78 is 1.68. The maximum atomic E-state index is 12.2. The Hall–Kier alpha value is -2.66. The van der Waals surface area contributed by atoms with Gasteiger partial charge in [-0.1, -0.05) is 35.9 Å². The van der Waals surface area contributed by atoms with Crippen molar-refractivity contribution in [2.75, 3.05) is 5.32 Å². The average Bonchev–Trinajstić information content (AvgIpc) is 2.98. The second-order valence-corrected chi connectivity index (χ2v) is 5.54. The molecule has 0 unspecified atom stereocenters. The molecule has 6 heteroatoms. The Morgan fingerprint density at radius 1 is 1.22 bits per heavy atom. The van der Waals surface area contributed by atoms with Crippen LogP contribution in [0.4, 0.5) is 5.82 Å². The second-order valence-electron chi connectivity index (χ2n) is 5.14. The van der Waals surface area contributed by atoms with E-state index in [9.17, 15) is 4.79 Å². The predicted molar refractivity (Wildman–Crippen MR) is 89.7 cm³/mol. The van der Waals surface area contributed by atoms with Crippen LogP contribution in [0.15, 0.2) is 54.9 Å². The summed E-state index contributed by atoms with van der Waals surface area (Å²) in [7, 11) is 0. The maximum Gasteiger partial charge on any atom is 0.260 e. The number of carbonyl (C=O) groups is 1. The molecule has 3 rings (SSSR count). The topological polar surface area (TPSA) is 59.8 Å². The summed E-state index contributed by atoms with van der Waals surface area (Å²) in [6.07, 6.45) is 3.22. The molecule has 0 bridgehead atoms. The number of halogens is 1. The first-order valence-electron chi connectivity index (χ1n) is 7.13. The minimum absolute atomic E-state index is 0.242. The fourth-order valence-electron chi connectivity index (χ4n) is 2.17. The molecule has 2 aromatic heterocycles. The van der Waals surface area contributed by atoms with Crippen molar-refractivity contribution >= 4 is 23.3 Å². The third kappa shape index (κ3) is 3.76. The van der Waals surface area contributed by atoms with E-state index >= 15 is 0 Å². The number of hydrogen-bond acceptors (Lipinski definition) is 3. The number of anilines is 1. The van der Waals surface area contributed by atoms with Crippen LogP contribution >= 0.6 is 11.6 Å². The highest BCUT2D eigenvalue weighted by molar-refractivity contribution is 6.31. The molecular weight excluding hydrogens is 312 g/mol. The van der Waals surface area contributed by atoms with E-state index in [1.807, 2.05) is 43.3 Å². The van der Waals surface area contributed by atoms with Crippen molar-refractivity contribution in [3.05, 3.63) is 76.7 Å². The van der Waals surface area contributed by atoms with Crippen LogP contribution in [0.2, 0.25) is 5.02 Å². The molecule has 0 saturated heterocycles. The van der Waals surface area contributed by atoms with E-state index in [4.69, 9.17) is 11.6 Å². The molecule has 23 heavy (non-hydrogen) atoms. The van der Waals surface area contributed by atoms with Gasteiger partial charge in [-0.05, 0) is 30.7 Å². The summed E-state index contributed by atoms with van der Waals surface area (Å²) in [5.74, 6) is 0.280. The van der Waals surface area contributed by atoms with Crippen molar-refractivity contribution in [2.24, 2.45) is 0 Å². The third-order valence-electron chi connectivity index (χ3n) is 3.32. The molecule has 0 radical (unpaired) electrons. The predicted octanol–water partition coefficient (Wildman–Crippen LogP) is 3.54. The van der Waals surface area contributed by atoms with Crippen molar-refractivity contribution < 1.29 is 4.79 Å². The summed E-state index contributed by atoms with van der Waals surface area (Å²) in [6.45, 7) is 2.38. The van der Waals surface area contributed by atoms with E-state index in [-0.39, 0.29) is 5.91 Å². The number of amides is 1. The number of aromatic nitrogens is 3. The van der Waals surface area contributed by atoms with Gasteiger partial charge in [-0.3, -0.25) is 9.48 Å². The lowest BCUT2D eigenvalue weighted by Crippen LogP contribution is -2.12. The molecule has 0 aliphatic carbocycles. The maximum absolute atomic E-state index is 12.2. The molecule has 2 heterocycles. The first-order valence-corrected chi connectivity index (χ1v) is 7.50. The van der Waals surface area contributed by atoms with Gasteiger partial charge in [0.05, 0.1) is 18.3 Å². The van der Waals surface area contributed by atoms with E-state index < -0.39 is 0 Å². The fourth-order valence-corrected chi connectivity index (χ4v) is 2.37. The smallest absolute Gasteiger partial charge is 0.260 e. The van der Waals surface area contributed by atoms with Gasteiger partial charge in [0.1, 0.15) is 5.82 Å². The number of rotatable bonds is 4. The highest BCUT2D eigenvalue weighted by atomic mass is 35.5. The zero-order valence-electron chi connectivity index (χ0n) is 12.5. The van der Waals surface area contributed by atoms with Crippen LogP contribution in [-0.4, -0.2) is 20.7 Å². The highest BCUT2D eigenvalue weighted by Crippen LogP contribution is 2.16. The van der Waals surface area contributed by atoms with Gasteiger partial charge in [0, 0.05) is 16.9 Å². The molecular formula is C17H15ClN4O. The molecule has 1 N–H and O–H groups in total. The number of carbonyl (C=O) groups excluding carboxylic acids is 1. The summed E-state index contributed by atoms with van der Waals surface area (Å²) in [6, 6.07) is 13.0. The molecule has 0 aliphatic heterocycles. The molecule has 0 saturated carbocycles. The van der Waals surface area contributed by atoms with E-state index in [0.717, 1.165) is 11.3 Å². The molecule has 0 atom stereocenters. The van der Waals surface area contributed by atoms with E-state index in [1.165, 1.54) is 6.20 Å². The van der Waals surface area contributed by atoms with Crippen molar-refractivity contribution in [2.45, 2.75) is 13.5 Å². The zero-order chi connectivity index (χ0) is 16.2. The van der Waals surface area contributed by atoms with Crippen LogP contribution in [-0.2, 0) is 6.54 Å². The van der Waals surface area contributed by atoms with Gasteiger partial charge in [-0.2, -0.15) is 5.10 Å². The minimum atomic E-state index is -0.242. The number of nitrogens with one attached hydrogen (secondary N) is 1. The molecule has 1 aromatic carbocycles. The summed E-state index contributed by atoms with van der Waals surface area (Å²) in [4.78, 5) is 16.5. The highest BCUT2D eigenvalue weighted by Gasteiger charge is 2.10. The van der Waals surface area contributed by atoms with Gasteiger partial charge >= 0.3 is 0 Å². The van der Waals surface area contributed by atoms with E-state index in [0.29, 0.717) is 22.9 Å². The monoisotopic (exact) mass is 326 g/mol. The normalized spacial score (nSPS) is 10.5. The van der Waals surface area contributed by atoms with Crippen molar-refractivity contribution in [3.8, 4) is 0 Å². The van der Waals surface area contributed by atoms with Crippen LogP contribution in [0, 0.1) is 6.92 Å². The van der Waals surface area contributed by atoms with Crippen molar-refractivity contribution in [1.82, 2.24) is 14.8 Å². The lowest BCUT2D eigenvalue weighted by molar-refractivity contribution is 0.102. The Kier molecular flexibility index (Phi) is 4.39. The van der Waals surface area contributed by atoms with Crippen LogP contribution in [0.3, 0.4) is 0 Å².